The molecule has 6 nitrogen and oxygen atoms in total. The lowest BCUT2D eigenvalue weighted by Gasteiger charge is -2.22. The van der Waals surface area contributed by atoms with Crippen LogP contribution in [0.25, 0.3) is 5.57 Å². The van der Waals surface area contributed by atoms with E-state index < -0.39 is 0 Å². The molecule has 34 heavy (non-hydrogen) atoms. The summed E-state index contributed by atoms with van der Waals surface area (Å²) in [6, 6.07) is 22.3. The van der Waals surface area contributed by atoms with Crippen LogP contribution in [0.5, 0.6) is 11.5 Å². The van der Waals surface area contributed by atoms with Crippen molar-refractivity contribution in [3.05, 3.63) is 89.6 Å². The molecule has 0 fully saturated rings. The molecule has 6 heteroatoms. The van der Waals surface area contributed by atoms with E-state index in [0.717, 1.165) is 17.7 Å². The summed E-state index contributed by atoms with van der Waals surface area (Å²) in [5.41, 5.74) is 4.13. The highest BCUT2D eigenvalue weighted by atomic mass is 16.5. The molecule has 5 rings (SSSR count). The average Bonchev–Trinajstić information content (AvgIpc) is 3.37. The van der Waals surface area contributed by atoms with Crippen molar-refractivity contribution in [1.82, 2.24) is 0 Å². The Morgan fingerprint density at radius 1 is 0.824 bits per heavy atom. The number of hydrogen-bond donors (Lipinski definition) is 0. The van der Waals surface area contributed by atoms with Crippen molar-refractivity contribution in [3.63, 3.8) is 0 Å². The molecule has 172 valence electrons. The largest absolute Gasteiger partial charge is 0.497 e. The molecular formula is C28H26N2O4. The number of methoxy groups -OCH3 is 1. The zero-order valence-corrected chi connectivity index (χ0v) is 19.4. The molecule has 2 amide bonds. The van der Waals surface area contributed by atoms with Gasteiger partial charge in [-0.2, -0.15) is 0 Å². The Bertz CT molecular complexity index is 1280. The number of carbonyl (C=O) groups excluding carboxylic acids is 2. The van der Waals surface area contributed by atoms with Crippen LogP contribution < -0.4 is 19.3 Å². The fourth-order valence-corrected chi connectivity index (χ4v) is 4.54. The van der Waals surface area contributed by atoms with Crippen molar-refractivity contribution >= 4 is 28.8 Å². The quantitative estimate of drug-likeness (QED) is 0.500. The van der Waals surface area contributed by atoms with Crippen molar-refractivity contribution < 1.29 is 19.1 Å². The first-order chi connectivity index (χ1) is 16.5. The van der Waals surface area contributed by atoms with Gasteiger partial charge in [-0.15, -0.1) is 0 Å². The molecule has 0 N–H and O–H groups in total. The van der Waals surface area contributed by atoms with Gasteiger partial charge in [0.1, 0.15) is 17.2 Å². The van der Waals surface area contributed by atoms with E-state index in [0.29, 0.717) is 40.6 Å². The SMILES string of the molecule is COc1ccc(C2=C(N3CCc4ccccc43)C(=O)N(c3ccc(OC(C)C)cc3)C2=O)cc1. The van der Waals surface area contributed by atoms with Gasteiger partial charge in [-0.3, -0.25) is 9.59 Å². The summed E-state index contributed by atoms with van der Waals surface area (Å²) < 4.78 is 11.0. The molecule has 0 bridgehead atoms. The maximum absolute atomic E-state index is 13.8. The minimum atomic E-state index is -0.341. The Balaban J connectivity index is 1.59. The number of ether oxygens (including phenoxy) is 2. The lowest BCUT2D eigenvalue weighted by atomic mass is 10.0. The minimum Gasteiger partial charge on any atom is -0.497 e. The fourth-order valence-electron chi connectivity index (χ4n) is 4.54. The predicted molar refractivity (Wildman–Crippen MR) is 132 cm³/mol. The third-order valence-corrected chi connectivity index (χ3v) is 6.06. The number of para-hydroxylation sites is 1. The van der Waals surface area contributed by atoms with Crippen LogP contribution in [0, 0.1) is 0 Å². The standard InChI is InChI=1S/C28H26N2O4/c1-18(2)34-23-14-10-21(11-15-23)30-27(31)25(20-8-12-22(33-3)13-9-20)26(28(30)32)29-17-16-19-6-4-5-7-24(19)29/h4-15,18H,16-17H2,1-3H3. The zero-order valence-electron chi connectivity index (χ0n) is 19.4. The predicted octanol–water partition coefficient (Wildman–Crippen LogP) is 4.83. The van der Waals surface area contributed by atoms with Gasteiger partial charge in [0.15, 0.2) is 0 Å². The lowest BCUT2D eigenvalue weighted by molar-refractivity contribution is -0.120. The van der Waals surface area contributed by atoms with E-state index >= 15 is 0 Å². The lowest BCUT2D eigenvalue weighted by Crippen LogP contribution is -2.34. The number of fused-ring (bicyclic) bond motifs is 1. The second kappa shape index (κ2) is 8.71. The molecular weight excluding hydrogens is 428 g/mol. The molecule has 0 aliphatic carbocycles. The van der Waals surface area contributed by atoms with Gasteiger partial charge in [0, 0.05) is 12.2 Å². The molecule has 0 aromatic heterocycles. The highest BCUT2D eigenvalue weighted by Gasteiger charge is 2.44. The van der Waals surface area contributed by atoms with E-state index in [1.165, 1.54) is 4.90 Å². The average molecular weight is 455 g/mol. The Morgan fingerprint density at radius 2 is 1.50 bits per heavy atom. The minimum absolute atomic E-state index is 0.0334. The van der Waals surface area contributed by atoms with Gasteiger partial charge < -0.3 is 14.4 Å². The second-order valence-corrected chi connectivity index (χ2v) is 8.59. The molecule has 0 atom stereocenters. The first-order valence-electron chi connectivity index (χ1n) is 11.4. The summed E-state index contributed by atoms with van der Waals surface area (Å²) in [5.74, 6) is 0.707. The highest BCUT2D eigenvalue weighted by molar-refractivity contribution is 6.46. The Morgan fingerprint density at radius 3 is 2.18 bits per heavy atom. The number of benzene rings is 3. The molecule has 0 saturated heterocycles. The van der Waals surface area contributed by atoms with E-state index in [9.17, 15) is 9.59 Å². The molecule has 0 unspecified atom stereocenters. The van der Waals surface area contributed by atoms with E-state index in [1.807, 2.05) is 49.1 Å². The summed E-state index contributed by atoms with van der Waals surface area (Å²) in [6.45, 7) is 4.54. The topological polar surface area (TPSA) is 59.1 Å². The Hall–Kier alpha value is -4.06. The first kappa shape index (κ1) is 21.8. The number of carbonyl (C=O) groups is 2. The number of anilines is 2. The molecule has 2 heterocycles. The molecule has 0 saturated carbocycles. The van der Waals surface area contributed by atoms with Gasteiger partial charge in [0.25, 0.3) is 11.8 Å². The van der Waals surface area contributed by atoms with Gasteiger partial charge in [-0.1, -0.05) is 30.3 Å². The smallest absolute Gasteiger partial charge is 0.282 e. The number of hydrogen-bond acceptors (Lipinski definition) is 5. The summed E-state index contributed by atoms with van der Waals surface area (Å²) in [6.07, 6.45) is 0.851. The Labute approximate surface area is 199 Å². The summed E-state index contributed by atoms with van der Waals surface area (Å²) in [4.78, 5) is 30.8. The van der Waals surface area contributed by atoms with E-state index in [2.05, 4.69) is 6.07 Å². The van der Waals surface area contributed by atoms with Crippen LogP contribution in [0.3, 0.4) is 0 Å². The van der Waals surface area contributed by atoms with E-state index in [4.69, 9.17) is 9.47 Å². The van der Waals surface area contributed by atoms with Crippen LogP contribution in [-0.4, -0.2) is 31.6 Å². The molecule has 2 aliphatic rings. The zero-order chi connectivity index (χ0) is 23.8. The van der Waals surface area contributed by atoms with E-state index in [1.54, 1.807) is 43.5 Å². The van der Waals surface area contributed by atoms with Crippen molar-refractivity contribution in [2.45, 2.75) is 26.4 Å². The normalized spacial score (nSPS) is 15.4. The maximum Gasteiger partial charge on any atom is 0.282 e. The summed E-state index contributed by atoms with van der Waals surface area (Å²) in [5, 5.41) is 0. The molecule has 0 radical (unpaired) electrons. The van der Waals surface area contributed by atoms with Crippen molar-refractivity contribution in [2.24, 2.45) is 0 Å². The first-order valence-corrected chi connectivity index (χ1v) is 11.4. The molecule has 3 aromatic carbocycles. The fraction of sp³-hybridized carbons (Fsp3) is 0.214. The number of rotatable bonds is 6. The van der Waals surface area contributed by atoms with Gasteiger partial charge in [-0.05, 0) is 73.9 Å². The molecule has 2 aliphatic heterocycles. The van der Waals surface area contributed by atoms with Crippen LogP contribution in [0.15, 0.2) is 78.5 Å². The highest BCUT2D eigenvalue weighted by Crippen LogP contribution is 2.40. The molecule has 3 aromatic rings. The van der Waals surface area contributed by atoms with Crippen LogP contribution in [-0.2, 0) is 16.0 Å². The van der Waals surface area contributed by atoms with Gasteiger partial charge in [0.2, 0.25) is 0 Å². The monoisotopic (exact) mass is 454 g/mol. The maximum atomic E-state index is 13.8. The third-order valence-electron chi connectivity index (χ3n) is 6.06. The van der Waals surface area contributed by atoms with E-state index in [-0.39, 0.29) is 17.9 Å². The van der Waals surface area contributed by atoms with Gasteiger partial charge in [0.05, 0.1) is 24.5 Å². The van der Waals surface area contributed by atoms with Crippen molar-refractivity contribution in [2.75, 3.05) is 23.5 Å². The Kier molecular flexibility index (Phi) is 5.57. The van der Waals surface area contributed by atoms with Crippen LogP contribution in [0.1, 0.15) is 25.0 Å². The summed E-state index contributed by atoms with van der Waals surface area (Å²) in [7, 11) is 1.60. The number of nitrogens with zero attached hydrogens (tertiary/aromatic N) is 2. The van der Waals surface area contributed by atoms with Gasteiger partial charge >= 0.3 is 0 Å². The van der Waals surface area contributed by atoms with Crippen LogP contribution in [0.4, 0.5) is 11.4 Å². The van der Waals surface area contributed by atoms with Crippen molar-refractivity contribution in [3.8, 4) is 11.5 Å². The van der Waals surface area contributed by atoms with Crippen LogP contribution >= 0.6 is 0 Å². The molecule has 0 spiro atoms. The summed E-state index contributed by atoms with van der Waals surface area (Å²) >= 11 is 0. The second-order valence-electron chi connectivity index (χ2n) is 8.59. The van der Waals surface area contributed by atoms with Gasteiger partial charge in [-0.25, -0.2) is 4.90 Å². The van der Waals surface area contributed by atoms with Crippen LogP contribution in [0.2, 0.25) is 0 Å². The third kappa shape index (κ3) is 3.71. The number of amides is 2. The van der Waals surface area contributed by atoms with Crippen molar-refractivity contribution in [1.29, 1.82) is 0 Å². The number of imide groups is 1.